The van der Waals surface area contributed by atoms with Crippen molar-refractivity contribution in [3.63, 3.8) is 0 Å². The maximum atomic E-state index is 13.6. The first kappa shape index (κ1) is 12.0. The molecule has 0 saturated heterocycles. The Morgan fingerprint density at radius 3 is 2.89 bits per heavy atom. The molecule has 0 aliphatic heterocycles. The summed E-state index contributed by atoms with van der Waals surface area (Å²) < 4.78 is 20.3. The van der Waals surface area contributed by atoms with Gasteiger partial charge in [-0.2, -0.15) is 0 Å². The van der Waals surface area contributed by atoms with E-state index in [-0.39, 0.29) is 11.6 Å². The van der Waals surface area contributed by atoms with Gasteiger partial charge in [0.2, 0.25) is 0 Å². The fraction of sp³-hybridized carbons (Fsp3) is 0.385. The Labute approximate surface area is 110 Å². The monoisotopic (exact) mass is 262 g/mol. The van der Waals surface area contributed by atoms with Crippen LogP contribution in [0, 0.1) is 5.82 Å². The molecule has 1 aromatic carbocycles. The van der Waals surface area contributed by atoms with Crippen molar-refractivity contribution in [3.8, 4) is 5.75 Å². The van der Waals surface area contributed by atoms with Gasteiger partial charge in [-0.3, -0.25) is 0 Å². The number of rotatable bonds is 4. The largest absolute Gasteiger partial charge is 0.494 e. The zero-order chi connectivity index (χ0) is 13.4. The fourth-order valence-electron chi connectivity index (χ4n) is 2.21. The summed E-state index contributed by atoms with van der Waals surface area (Å²) in [6.07, 6.45) is 2.24. The summed E-state index contributed by atoms with van der Waals surface area (Å²) in [5.41, 5.74) is 7.60. The third-order valence-electron chi connectivity index (χ3n) is 3.31. The van der Waals surface area contributed by atoms with Crippen LogP contribution in [0.2, 0.25) is 0 Å². The number of hydrogen-bond acceptors (Lipinski definition) is 4. The van der Waals surface area contributed by atoms with Crippen molar-refractivity contribution < 1.29 is 9.13 Å². The smallest absolute Gasteiger partial charge is 0.169 e. The van der Waals surface area contributed by atoms with Crippen LogP contribution in [0.25, 0.3) is 0 Å². The molecule has 1 aromatic heterocycles. The van der Waals surface area contributed by atoms with E-state index in [0.717, 1.165) is 24.1 Å². The minimum atomic E-state index is -0.374. The Kier molecular flexibility index (Phi) is 2.85. The minimum Gasteiger partial charge on any atom is -0.494 e. The van der Waals surface area contributed by atoms with Crippen molar-refractivity contribution in [1.29, 1.82) is 0 Å². The maximum absolute atomic E-state index is 13.6. The standard InChI is InChI=1S/C13H15FN4O/c1-19-11-5-2-8(6-10(11)14)7-18-12(9-3-4-9)13(15)16-17-18/h2,5-6,9H,3-4,7,15H2,1H3. The van der Waals surface area contributed by atoms with Gasteiger partial charge in [0.1, 0.15) is 0 Å². The molecule has 0 unspecified atom stereocenters. The first-order valence-electron chi connectivity index (χ1n) is 6.20. The normalized spacial score (nSPS) is 14.6. The minimum absolute atomic E-state index is 0.240. The molecule has 2 aromatic rings. The molecule has 1 aliphatic rings. The number of nitrogen functional groups attached to an aromatic ring is 1. The molecule has 19 heavy (non-hydrogen) atoms. The van der Waals surface area contributed by atoms with Crippen LogP contribution >= 0.6 is 0 Å². The average Bonchev–Trinajstić information content (AvgIpc) is 3.15. The Balaban J connectivity index is 1.87. The summed E-state index contributed by atoms with van der Waals surface area (Å²) >= 11 is 0. The van der Waals surface area contributed by atoms with Crippen LogP contribution in [-0.2, 0) is 6.54 Å². The summed E-state index contributed by atoms with van der Waals surface area (Å²) in [4.78, 5) is 0. The van der Waals surface area contributed by atoms with Gasteiger partial charge in [0.05, 0.1) is 19.3 Å². The summed E-state index contributed by atoms with van der Waals surface area (Å²) in [7, 11) is 1.45. The van der Waals surface area contributed by atoms with Crippen molar-refractivity contribution in [1.82, 2.24) is 15.0 Å². The third-order valence-corrected chi connectivity index (χ3v) is 3.31. The predicted molar refractivity (Wildman–Crippen MR) is 68.5 cm³/mol. The van der Waals surface area contributed by atoms with E-state index in [1.54, 1.807) is 10.7 Å². The molecule has 0 spiro atoms. The van der Waals surface area contributed by atoms with Crippen LogP contribution in [-0.4, -0.2) is 22.1 Å². The van der Waals surface area contributed by atoms with Gasteiger partial charge < -0.3 is 10.5 Å². The molecule has 5 nitrogen and oxygen atoms in total. The quantitative estimate of drug-likeness (QED) is 0.914. The molecule has 1 saturated carbocycles. The maximum Gasteiger partial charge on any atom is 0.169 e. The molecule has 100 valence electrons. The summed E-state index contributed by atoms with van der Waals surface area (Å²) in [6, 6.07) is 4.88. The van der Waals surface area contributed by atoms with Crippen LogP contribution in [0.1, 0.15) is 30.0 Å². The van der Waals surface area contributed by atoms with Crippen molar-refractivity contribution in [3.05, 3.63) is 35.3 Å². The van der Waals surface area contributed by atoms with Crippen LogP contribution in [0.4, 0.5) is 10.2 Å². The second-order valence-corrected chi connectivity index (χ2v) is 4.76. The van der Waals surface area contributed by atoms with E-state index in [1.807, 2.05) is 6.07 Å². The van der Waals surface area contributed by atoms with E-state index < -0.39 is 0 Å². The van der Waals surface area contributed by atoms with E-state index in [1.165, 1.54) is 13.2 Å². The molecule has 0 bridgehead atoms. The number of methoxy groups -OCH3 is 1. The second kappa shape index (κ2) is 4.53. The van der Waals surface area contributed by atoms with Gasteiger partial charge in [0.25, 0.3) is 0 Å². The molecule has 1 heterocycles. The number of nitrogens with two attached hydrogens (primary N) is 1. The highest BCUT2D eigenvalue weighted by Gasteiger charge is 2.30. The van der Waals surface area contributed by atoms with Gasteiger partial charge in [-0.05, 0) is 30.5 Å². The molecule has 1 fully saturated rings. The number of aromatic nitrogens is 3. The lowest BCUT2D eigenvalue weighted by molar-refractivity contribution is 0.386. The summed E-state index contributed by atoms with van der Waals surface area (Å²) in [6.45, 7) is 0.469. The Morgan fingerprint density at radius 1 is 1.47 bits per heavy atom. The van der Waals surface area contributed by atoms with Gasteiger partial charge in [0.15, 0.2) is 17.4 Å². The number of halogens is 1. The Hall–Kier alpha value is -2.11. The lowest BCUT2D eigenvalue weighted by Crippen LogP contribution is -2.07. The number of benzene rings is 1. The van der Waals surface area contributed by atoms with E-state index in [0.29, 0.717) is 18.3 Å². The second-order valence-electron chi connectivity index (χ2n) is 4.76. The zero-order valence-corrected chi connectivity index (χ0v) is 10.6. The lowest BCUT2D eigenvalue weighted by Gasteiger charge is -2.07. The first-order chi connectivity index (χ1) is 9.19. The summed E-state index contributed by atoms with van der Waals surface area (Å²) in [5.74, 6) is 0.805. The highest BCUT2D eigenvalue weighted by atomic mass is 19.1. The van der Waals surface area contributed by atoms with Gasteiger partial charge in [-0.15, -0.1) is 5.10 Å². The molecule has 0 radical (unpaired) electrons. The number of hydrogen-bond donors (Lipinski definition) is 1. The highest BCUT2D eigenvalue weighted by molar-refractivity contribution is 5.39. The third kappa shape index (κ3) is 2.25. The van der Waals surface area contributed by atoms with E-state index in [2.05, 4.69) is 10.3 Å². The van der Waals surface area contributed by atoms with Gasteiger partial charge in [-0.1, -0.05) is 11.3 Å². The van der Waals surface area contributed by atoms with Crippen LogP contribution in [0.5, 0.6) is 5.75 Å². The van der Waals surface area contributed by atoms with E-state index in [4.69, 9.17) is 10.5 Å². The van der Waals surface area contributed by atoms with Crippen molar-refractivity contribution in [2.24, 2.45) is 0 Å². The van der Waals surface area contributed by atoms with Crippen LogP contribution < -0.4 is 10.5 Å². The van der Waals surface area contributed by atoms with E-state index >= 15 is 0 Å². The predicted octanol–water partition coefficient (Wildman–Crippen LogP) is 1.93. The number of ether oxygens (including phenoxy) is 1. The van der Waals surface area contributed by atoms with Crippen molar-refractivity contribution in [2.75, 3.05) is 12.8 Å². The molecule has 3 rings (SSSR count). The topological polar surface area (TPSA) is 66.0 Å². The SMILES string of the molecule is COc1ccc(Cn2nnc(N)c2C2CC2)cc1F. The highest BCUT2D eigenvalue weighted by Crippen LogP contribution is 2.42. The van der Waals surface area contributed by atoms with Crippen LogP contribution in [0.3, 0.4) is 0 Å². The molecular formula is C13H15FN4O. The molecule has 2 N–H and O–H groups in total. The van der Waals surface area contributed by atoms with E-state index in [9.17, 15) is 4.39 Å². The van der Waals surface area contributed by atoms with Gasteiger partial charge in [0, 0.05) is 5.92 Å². The Bertz CT molecular complexity index is 607. The van der Waals surface area contributed by atoms with Gasteiger partial charge >= 0.3 is 0 Å². The van der Waals surface area contributed by atoms with Crippen LogP contribution in [0.15, 0.2) is 18.2 Å². The zero-order valence-electron chi connectivity index (χ0n) is 10.6. The summed E-state index contributed by atoms with van der Waals surface area (Å²) in [5, 5.41) is 7.93. The number of nitrogens with zero attached hydrogens (tertiary/aromatic N) is 3. The van der Waals surface area contributed by atoms with Crippen molar-refractivity contribution in [2.45, 2.75) is 25.3 Å². The molecule has 6 heteroatoms. The lowest BCUT2D eigenvalue weighted by atomic mass is 10.2. The van der Waals surface area contributed by atoms with Crippen molar-refractivity contribution >= 4 is 5.82 Å². The molecule has 1 aliphatic carbocycles. The number of anilines is 1. The molecule has 0 amide bonds. The molecule has 0 atom stereocenters. The first-order valence-corrected chi connectivity index (χ1v) is 6.20. The average molecular weight is 262 g/mol. The fourth-order valence-corrected chi connectivity index (χ4v) is 2.21. The van der Waals surface area contributed by atoms with Gasteiger partial charge in [-0.25, -0.2) is 9.07 Å². The molecular weight excluding hydrogens is 247 g/mol. The Morgan fingerprint density at radius 2 is 2.26 bits per heavy atom.